The molecular formula is C22H17BrN6. The van der Waals surface area contributed by atoms with Crippen LogP contribution in [0.15, 0.2) is 65.5 Å². The molecule has 2 aromatic carbocycles. The number of nitrogens with one attached hydrogen (secondary N) is 2. The summed E-state index contributed by atoms with van der Waals surface area (Å²) in [5.74, 6) is 0.710. The molecule has 6 nitrogen and oxygen atoms in total. The maximum atomic E-state index is 4.96. The van der Waals surface area contributed by atoms with Crippen LogP contribution in [-0.4, -0.2) is 25.1 Å². The average molecular weight is 445 g/mol. The second kappa shape index (κ2) is 7.25. The summed E-state index contributed by atoms with van der Waals surface area (Å²) in [6.07, 6.45) is 1.52. The van der Waals surface area contributed by atoms with Crippen LogP contribution in [0.1, 0.15) is 11.3 Å². The fourth-order valence-corrected chi connectivity index (χ4v) is 3.99. The van der Waals surface area contributed by atoms with Gasteiger partial charge in [-0.15, -0.1) is 0 Å². The van der Waals surface area contributed by atoms with E-state index >= 15 is 0 Å². The van der Waals surface area contributed by atoms with Crippen molar-refractivity contribution in [2.45, 2.75) is 13.5 Å². The molecule has 3 aromatic heterocycles. The van der Waals surface area contributed by atoms with Gasteiger partial charge < -0.3 is 5.32 Å². The molecule has 5 rings (SSSR count). The van der Waals surface area contributed by atoms with Gasteiger partial charge >= 0.3 is 0 Å². The van der Waals surface area contributed by atoms with Gasteiger partial charge in [0, 0.05) is 10.9 Å². The molecular weight excluding hydrogens is 428 g/mol. The Morgan fingerprint density at radius 1 is 1.00 bits per heavy atom. The zero-order valence-electron chi connectivity index (χ0n) is 15.6. The van der Waals surface area contributed by atoms with Crippen molar-refractivity contribution in [1.82, 2.24) is 25.1 Å². The Kier molecular flexibility index (Phi) is 4.44. The second-order valence-electron chi connectivity index (χ2n) is 6.80. The molecule has 142 valence electrons. The molecule has 0 spiro atoms. The van der Waals surface area contributed by atoms with Gasteiger partial charge in [0.25, 0.3) is 0 Å². The predicted octanol–water partition coefficient (Wildman–Crippen LogP) is 5.25. The first-order valence-electron chi connectivity index (χ1n) is 9.24. The fraction of sp³-hybridized carbons (Fsp3) is 0.0909. The number of anilines is 1. The summed E-state index contributed by atoms with van der Waals surface area (Å²) in [6.45, 7) is 2.65. The van der Waals surface area contributed by atoms with Crippen LogP contribution >= 0.6 is 15.9 Å². The van der Waals surface area contributed by atoms with Crippen LogP contribution in [0.4, 0.5) is 5.82 Å². The number of nitrogens with zero attached hydrogens (tertiary/aromatic N) is 4. The monoisotopic (exact) mass is 444 g/mol. The molecule has 3 heterocycles. The SMILES string of the molecule is Cc1ccccc1-c1cc2ccccc2nc1CNc1ncnc2[nH]nc(Br)c12. The molecule has 0 radical (unpaired) electrons. The van der Waals surface area contributed by atoms with Crippen molar-refractivity contribution in [1.29, 1.82) is 0 Å². The molecule has 0 aliphatic heterocycles. The maximum absolute atomic E-state index is 4.96. The summed E-state index contributed by atoms with van der Waals surface area (Å²) < 4.78 is 0.682. The van der Waals surface area contributed by atoms with E-state index in [0.717, 1.165) is 27.5 Å². The molecule has 0 aliphatic carbocycles. The van der Waals surface area contributed by atoms with Crippen LogP contribution in [0, 0.1) is 6.92 Å². The lowest BCUT2D eigenvalue weighted by Gasteiger charge is -2.14. The van der Waals surface area contributed by atoms with E-state index in [1.807, 2.05) is 18.2 Å². The lowest BCUT2D eigenvalue weighted by Crippen LogP contribution is -2.06. The van der Waals surface area contributed by atoms with Crippen molar-refractivity contribution in [2.75, 3.05) is 5.32 Å². The Hall–Kier alpha value is -3.32. The number of para-hydroxylation sites is 1. The van der Waals surface area contributed by atoms with Gasteiger partial charge in [0.05, 0.1) is 23.1 Å². The largest absolute Gasteiger partial charge is 0.364 e. The summed E-state index contributed by atoms with van der Waals surface area (Å²) in [4.78, 5) is 13.6. The number of halogens is 1. The fourth-order valence-electron chi connectivity index (χ4n) is 3.52. The van der Waals surface area contributed by atoms with Crippen molar-refractivity contribution < 1.29 is 0 Å². The van der Waals surface area contributed by atoms with Gasteiger partial charge in [-0.25, -0.2) is 9.97 Å². The molecule has 7 heteroatoms. The second-order valence-corrected chi connectivity index (χ2v) is 7.56. The number of benzene rings is 2. The number of rotatable bonds is 4. The zero-order valence-corrected chi connectivity index (χ0v) is 17.2. The van der Waals surface area contributed by atoms with E-state index in [4.69, 9.17) is 4.98 Å². The van der Waals surface area contributed by atoms with Crippen molar-refractivity contribution in [3.63, 3.8) is 0 Å². The smallest absolute Gasteiger partial charge is 0.161 e. The third-order valence-electron chi connectivity index (χ3n) is 4.97. The van der Waals surface area contributed by atoms with Crippen LogP contribution in [0.5, 0.6) is 0 Å². The van der Waals surface area contributed by atoms with Crippen molar-refractivity contribution >= 4 is 43.7 Å². The summed E-state index contributed by atoms with van der Waals surface area (Å²) in [5, 5.41) is 12.4. The topological polar surface area (TPSA) is 79.4 Å². The van der Waals surface area contributed by atoms with Gasteiger partial charge in [-0.3, -0.25) is 10.1 Å². The number of aryl methyl sites for hydroxylation is 1. The minimum absolute atomic E-state index is 0.526. The van der Waals surface area contributed by atoms with Crippen molar-refractivity contribution in [3.05, 3.63) is 76.8 Å². The zero-order chi connectivity index (χ0) is 19.8. The Bertz CT molecular complexity index is 1340. The summed E-state index contributed by atoms with van der Waals surface area (Å²) >= 11 is 3.46. The van der Waals surface area contributed by atoms with Crippen LogP contribution in [-0.2, 0) is 6.54 Å². The molecule has 29 heavy (non-hydrogen) atoms. The van der Waals surface area contributed by atoms with Gasteiger partial charge in [-0.1, -0.05) is 42.5 Å². The molecule has 0 amide bonds. The first-order chi connectivity index (χ1) is 14.2. The number of H-pyrrole nitrogens is 1. The minimum Gasteiger partial charge on any atom is -0.364 e. The number of hydrogen-bond acceptors (Lipinski definition) is 5. The van der Waals surface area contributed by atoms with Crippen LogP contribution in [0.3, 0.4) is 0 Å². The number of hydrogen-bond donors (Lipinski definition) is 2. The third kappa shape index (κ3) is 3.23. The van der Waals surface area contributed by atoms with E-state index in [0.29, 0.717) is 22.6 Å². The van der Waals surface area contributed by atoms with E-state index in [1.165, 1.54) is 17.5 Å². The first kappa shape index (κ1) is 17.8. The van der Waals surface area contributed by atoms with E-state index in [9.17, 15) is 0 Å². The Morgan fingerprint density at radius 2 is 1.83 bits per heavy atom. The molecule has 0 unspecified atom stereocenters. The minimum atomic E-state index is 0.526. The normalized spacial score (nSPS) is 11.2. The number of aromatic amines is 1. The highest BCUT2D eigenvalue weighted by Crippen LogP contribution is 2.31. The molecule has 0 atom stereocenters. The van der Waals surface area contributed by atoms with E-state index < -0.39 is 0 Å². The third-order valence-corrected chi connectivity index (χ3v) is 5.55. The Morgan fingerprint density at radius 3 is 2.72 bits per heavy atom. The number of aromatic nitrogens is 5. The lowest BCUT2D eigenvalue weighted by molar-refractivity contribution is 1.04. The van der Waals surface area contributed by atoms with Gasteiger partial charge in [-0.05, 0) is 46.1 Å². The Balaban J connectivity index is 1.61. The highest BCUT2D eigenvalue weighted by atomic mass is 79.9. The van der Waals surface area contributed by atoms with Crippen LogP contribution in [0.2, 0.25) is 0 Å². The average Bonchev–Trinajstić information content (AvgIpc) is 3.13. The molecule has 0 bridgehead atoms. The quantitative estimate of drug-likeness (QED) is 0.395. The van der Waals surface area contributed by atoms with Gasteiger partial charge in [-0.2, -0.15) is 5.10 Å². The first-order valence-corrected chi connectivity index (χ1v) is 10.0. The number of pyridine rings is 1. The highest BCUT2D eigenvalue weighted by molar-refractivity contribution is 9.10. The summed E-state index contributed by atoms with van der Waals surface area (Å²) in [7, 11) is 0. The highest BCUT2D eigenvalue weighted by Gasteiger charge is 2.14. The van der Waals surface area contributed by atoms with Crippen molar-refractivity contribution in [3.8, 4) is 11.1 Å². The van der Waals surface area contributed by atoms with Crippen LogP contribution < -0.4 is 5.32 Å². The summed E-state index contributed by atoms with van der Waals surface area (Å²) in [5.41, 5.74) is 6.13. The maximum Gasteiger partial charge on any atom is 0.161 e. The van der Waals surface area contributed by atoms with E-state index in [1.54, 1.807) is 0 Å². The molecule has 0 saturated carbocycles. The standard InChI is InChI=1S/C22H17BrN6/c1-13-6-2-4-8-15(13)16-10-14-7-3-5-9-17(14)27-18(16)11-24-21-19-20(23)28-29-22(19)26-12-25-21/h2-10,12H,11H2,1H3,(H2,24,25,26,28,29). The lowest BCUT2D eigenvalue weighted by atomic mass is 9.97. The molecule has 2 N–H and O–H groups in total. The van der Waals surface area contributed by atoms with Crippen molar-refractivity contribution in [2.24, 2.45) is 0 Å². The molecule has 0 saturated heterocycles. The molecule has 5 aromatic rings. The predicted molar refractivity (Wildman–Crippen MR) is 119 cm³/mol. The molecule has 0 fully saturated rings. The van der Waals surface area contributed by atoms with Gasteiger partial charge in [0.1, 0.15) is 16.7 Å². The number of fused-ring (bicyclic) bond motifs is 2. The Labute approximate surface area is 175 Å². The molecule has 0 aliphatic rings. The van der Waals surface area contributed by atoms with E-state index in [2.05, 4.69) is 84.7 Å². The van der Waals surface area contributed by atoms with E-state index in [-0.39, 0.29) is 0 Å². The van der Waals surface area contributed by atoms with Gasteiger partial charge in [0.2, 0.25) is 0 Å². The summed E-state index contributed by atoms with van der Waals surface area (Å²) in [6, 6.07) is 18.8. The van der Waals surface area contributed by atoms with Crippen LogP contribution in [0.25, 0.3) is 33.1 Å². The van der Waals surface area contributed by atoms with Gasteiger partial charge in [0.15, 0.2) is 5.65 Å².